The predicted octanol–water partition coefficient (Wildman–Crippen LogP) is 1.06. The lowest BCUT2D eigenvalue weighted by molar-refractivity contribution is -0.131. The van der Waals surface area contributed by atoms with Crippen molar-refractivity contribution in [3.8, 4) is 0 Å². The summed E-state index contributed by atoms with van der Waals surface area (Å²) in [5.74, 6) is 0.157. The maximum Gasteiger partial charge on any atom is 0.236 e. The van der Waals surface area contributed by atoms with Crippen LogP contribution in [0.2, 0.25) is 0 Å². The van der Waals surface area contributed by atoms with Crippen LogP contribution >= 0.6 is 0 Å². The Hall–Kier alpha value is -0.610. The zero-order chi connectivity index (χ0) is 12.9. The molecule has 4 nitrogen and oxygen atoms in total. The van der Waals surface area contributed by atoms with Gasteiger partial charge in [0, 0.05) is 26.2 Å². The molecule has 0 spiro atoms. The van der Waals surface area contributed by atoms with Gasteiger partial charge in [0.1, 0.15) is 0 Å². The molecule has 0 radical (unpaired) electrons. The molecule has 1 fully saturated rings. The summed E-state index contributed by atoms with van der Waals surface area (Å²) in [4.78, 5) is 15.6. The van der Waals surface area contributed by atoms with Crippen molar-refractivity contribution in [1.29, 1.82) is 0 Å². The third-order valence-corrected chi connectivity index (χ3v) is 4.10. The Morgan fingerprint density at radius 3 is 2.06 bits per heavy atom. The van der Waals surface area contributed by atoms with E-state index in [-0.39, 0.29) is 11.4 Å². The predicted molar refractivity (Wildman–Crippen MR) is 70.8 cm³/mol. The number of amides is 1. The van der Waals surface area contributed by atoms with E-state index in [1.54, 1.807) is 19.0 Å². The molecule has 0 aromatic heterocycles. The fraction of sp³-hybridized carbons (Fsp3) is 0.923. The fourth-order valence-corrected chi connectivity index (χ4v) is 2.64. The second kappa shape index (κ2) is 6.36. The molecule has 1 rings (SSSR count). The summed E-state index contributed by atoms with van der Waals surface area (Å²) in [5.41, 5.74) is 6.04. The number of carbonyl (C=O) groups is 1. The van der Waals surface area contributed by atoms with Crippen molar-refractivity contribution in [2.75, 3.05) is 34.2 Å². The van der Waals surface area contributed by atoms with Gasteiger partial charge in [-0.15, -0.1) is 0 Å². The van der Waals surface area contributed by atoms with Crippen molar-refractivity contribution in [1.82, 2.24) is 9.80 Å². The van der Waals surface area contributed by atoms with Crippen LogP contribution in [0.4, 0.5) is 0 Å². The van der Waals surface area contributed by atoms with Crippen molar-refractivity contribution in [2.24, 2.45) is 5.73 Å². The number of nitrogens with two attached hydrogens (primary N) is 1. The molecule has 0 bridgehead atoms. The van der Waals surface area contributed by atoms with Gasteiger partial charge in [0.05, 0.1) is 6.54 Å². The number of likely N-dealkylation sites (N-methyl/N-ethyl adjacent to an activating group) is 2. The summed E-state index contributed by atoms with van der Waals surface area (Å²) in [6.45, 7) is 1.13. The summed E-state index contributed by atoms with van der Waals surface area (Å²) < 4.78 is 0. The number of carbonyl (C=O) groups excluding carboxylic acids is 1. The number of nitrogens with zero attached hydrogens (tertiary/aromatic N) is 2. The molecule has 1 aliphatic rings. The molecule has 1 saturated carbocycles. The SMILES string of the molecule is CN(C)C(=O)CN(C)C1(CN)CCCCCC1. The molecular formula is C13H27N3O. The lowest BCUT2D eigenvalue weighted by Gasteiger charge is -2.40. The molecule has 100 valence electrons. The quantitative estimate of drug-likeness (QED) is 0.749. The maximum atomic E-state index is 11.8. The number of hydrogen-bond donors (Lipinski definition) is 1. The minimum atomic E-state index is 0.0438. The van der Waals surface area contributed by atoms with Crippen molar-refractivity contribution >= 4 is 5.91 Å². The first-order chi connectivity index (χ1) is 8.02. The van der Waals surface area contributed by atoms with Crippen molar-refractivity contribution < 1.29 is 4.79 Å². The fourth-order valence-electron chi connectivity index (χ4n) is 2.64. The molecule has 0 aromatic rings. The lowest BCUT2D eigenvalue weighted by Crippen LogP contribution is -2.54. The van der Waals surface area contributed by atoms with Gasteiger partial charge in [0.2, 0.25) is 5.91 Å². The van der Waals surface area contributed by atoms with Gasteiger partial charge >= 0.3 is 0 Å². The Morgan fingerprint density at radius 1 is 1.12 bits per heavy atom. The van der Waals surface area contributed by atoms with E-state index >= 15 is 0 Å². The van der Waals surface area contributed by atoms with Crippen LogP contribution in [0, 0.1) is 0 Å². The van der Waals surface area contributed by atoms with E-state index in [1.807, 2.05) is 7.05 Å². The van der Waals surface area contributed by atoms with Crippen LogP contribution in [0.25, 0.3) is 0 Å². The first-order valence-corrected chi connectivity index (χ1v) is 6.63. The molecule has 4 heteroatoms. The van der Waals surface area contributed by atoms with Crippen molar-refractivity contribution in [2.45, 2.75) is 44.1 Å². The topological polar surface area (TPSA) is 49.6 Å². The van der Waals surface area contributed by atoms with Crippen molar-refractivity contribution in [3.05, 3.63) is 0 Å². The highest BCUT2D eigenvalue weighted by atomic mass is 16.2. The van der Waals surface area contributed by atoms with Gasteiger partial charge in [-0.2, -0.15) is 0 Å². The largest absolute Gasteiger partial charge is 0.348 e. The highest BCUT2D eigenvalue weighted by Gasteiger charge is 2.34. The van der Waals surface area contributed by atoms with Gasteiger partial charge in [0.25, 0.3) is 0 Å². The Bertz CT molecular complexity index is 245. The smallest absolute Gasteiger partial charge is 0.236 e. The van der Waals surface area contributed by atoms with Gasteiger partial charge in [0.15, 0.2) is 0 Å². The Morgan fingerprint density at radius 2 is 1.65 bits per heavy atom. The zero-order valence-corrected chi connectivity index (χ0v) is 11.5. The summed E-state index contributed by atoms with van der Waals surface area (Å²) in [6, 6.07) is 0. The minimum Gasteiger partial charge on any atom is -0.348 e. The van der Waals surface area contributed by atoms with E-state index < -0.39 is 0 Å². The van der Waals surface area contributed by atoms with Crippen LogP contribution in [-0.2, 0) is 4.79 Å². The summed E-state index contributed by atoms with van der Waals surface area (Å²) in [7, 11) is 5.65. The van der Waals surface area contributed by atoms with E-state index in [4.69, 9.17) is 5.73 Å². The lowest BCUT2D eigenvalue weighted by atomic mass is 9.88. The van der Waals surface area contributed by atoms with Crippen molar-refractivity contribution in [3.63, 3.8) is 0 Å². The second-order valence-electron chi connectivity index (χ2n) is 5.49. The molecule has 2 N–H and O–H groups in total. The molecule has 0 aromatic carbocycles. The molecule has 0 atom stereocenters. The van der Waals surface area contributed by atoms with E-state index in [1.165, 1.54) is 25.7 Å². The molecule has 1 aliphatic carbocycles. The van der Waals surface area contributed by atoms with E-state index in [0.29, 0.717) is 13.1 Å². The normalized spacial score (nSPS) is 20.1. The second-order valence-corrected chi connectivity index (χ2v) is 5.49. The molecule has 17 heavy (non-hydrogen) atoms. The molecule has 0 aliphatic heterocycles. The first-order valence-electron chi connectivity index (χ1n) is 6.63. The van der Waals surface area contributed by atoms with E-state index in [2.05, 4.69) is 4.90 Å². The van der Waals surface area contributed by atoms with E-state index in [0.717, 1.165) is 12.8 Å². The van der Waals surface area contributed by atoms with Gasteiger partial charge < -0.3 is 10.6 Å². The standard InChI is InChI=1S/C13H27N3O/c1-15(2)12(17)10-16(3)13(11-14)8-6-4-5-7-9-13/h4-11,14H2,1-3H3. The summed E-state index contributed by atoms with van der Waals surface area (Å²) in [6.07, 6.45) is 7.32. The summed E-state index contributed by atoms with van der Waals surface area (Å²) >= 11 is 0. The van der Waals surface area contributed by atoms with Crippen LogP contribution in [-0.4, -0.2) is 55.5 Å². The average molecular weight is 241 g/mol. The van der Waals surface area contributed by atoms with Crippen LogP contribution in [0.15, 0.2) is 0 Å². The van der Waals surface area contributed by atoms with Gasteiger partial charge in [-0.05, 0) is 19.9 Å². The zero-order valence-electron chi connectivity index (χ0n) is 11.5. The van der Waals surface area contributed by atoms with Gasteiger partial charge in [-0.1, -0.05) is 25.7 Å². The highest BCUT2D eigenvalue weighted by molar-refractivity contribution is 5.77. The van der Waals surface area contributed by atoms with Crippen LogP contribution in [0.5, 0.6) is 0 Å². The molecule has 1 amide bonds. The monoisotopic (exact) mass is 241 g/mol. The van der Waals surface area contributed by atoms with Gasteiger partial charge in [-0.25, -0.2) is 0 Å². The van der Waals surface area contributed by atoms with Crippen LogP contribution in [0.3, 0.4) is 0 Å². The van der Waals surface area contributed by atoms with Gasteiger partial charge in [-0.3, -0.25) is 9.69 Å². The molecule has 0 heterocycles. The molecule has 0 unspecified atom stereocenters. The van der Waals surface area contributed by atoms with E-state index in [9.17, 15) is 4.79 Å². The Balaban J connectivity index is 2.67. The van der Waals surface area contributed by atoms with Crippen LogP contribution in [0.1, 0.15) is 38.5 Å². The maximum absolute atomic E-state index is 11.8. The molecular weight excluding hydrogens is 214 g/mol. The third-order valence-electron chi connectivity index (χ3n) is 4.10. The third kappa shape index (κ3) is 3.68. The number of hydrogen-bond acceptors (Lipinski definition) is 3. The first kappa shape index (κ1) is 14.5. The Kier molecular flexibility index (Phi) is 5.40. The summed E-state index contributed by atoms with van der Waals surface area (Å²) in [5, 5.41) is 0. The van der Waals surface area contributed by atoms with Crippen LogP contribution < -0.4 is 5.73 Å². The average Bonchev–Trinajstić information content (AvgIpc) is 2.54. The Labute approximate surface area is 105 Å². The minimum absolute atomic E-state index is 0.0438. The molecule has 0 saturated heterocycles. The number of rotatable bonds is 4. The highest BCUT2D eigenvalue weighted by Crippen LogP contribution is 2.30.